The number of benzene rings is 4. The molecule has 4 rings (SSSR count). The van der Waals surface area contributed by atoms with Crippen molar-refractivity contribution in [3.8, 4) is 16.9 Å². The maximum Gasteiger partial charge on any atom is 0.137 e. The van der Waals surface area contributed by atoms with E-state index in [1.165, 1.54) is 12.1 Å². The highest BCUT2D eigenvalue weighted by atomic mass is 35.5. The zero-order valence-corrected chi connectivity index (χ0v) is 18.4. The van der Waals surface area contributed by atoms with Crippen molar-refractivity contribution in [3.63, 3.8) is 0 Å². The van der Waals surface area contributed by atoms with Gasteiger partial charge in [-0.05, 0) is 59.5 Å². The van der Waals surface area contributed by atoms with Gasteiger partial charge in [0.2, 0.25) is 0 Å². The highest BCUT2D eigenvalue weighted by Gasteiger charge is 2.16. The minimum atomic E-state index is -0.712. The Kier molecular flexibility index (Phi) is 6.71. The van der Waals surface area contributed by atoms with Gasteiger partial charge in [0.1, 0.15) is 23.2 Å². The van der Waals surface area contributed by atoms with E-state index in [1.807, 2.05) is 31.2 Å². The van der Waals surface area contributed by atoms with Crippen molar-refractivity contribution in [2.75, 3.05) is 6.61 Å². The van der Waals surface area contributed by atoms with E-state index in [9.17, 15) is 8.78 Å². The van der Waals surface area contributed by atoms with Crippen LogP contribution < -0.4 is 4.74 Å². The Morgan fingerprint density at radius 3 is 2.22 bits per heavy atom. The predicted molar refractivity (Wildman–Crippen MR) is 124 cm³/mol. The minimum Gasteiger partial charge on any atom is -0.493 e. The van der Waals surface area contributed by atoms with Gasteiger partial charge in [-0.2, -0.15) is 0 Å². The number of fused-ring (bicyclic) bond motifs is 1. The zero-order chi connectivity index (χ0) is 22.7. The Balaban J connectivity index is 1.61. The Bertz CT molecular complexity index is 1230. The first-order valence-corrected chi connectivity index (χ1v) is 10.9. The van der Waals surface area contributed by atoms with Gasteiger partial charge in [0.15, 0.2) is 0 Å². The fourth-order valence-electron chi connectivity index (χ4n) is 3.74. The van der Waals surface area contributed by atoms with Crippen LogP contribution in [0.5, 0.6) is 5.75 Å². The van der Waals surface area contributed by atoms with E-state index in [0.717, 1.165) is 12.0 Å². The van der Waals surface area contributed by atoms with Crippen LogP contribution in [-0.4, -0.2) is 6.61 Å². The first kappa shape index (κ1) is 22.2. The third kappa shape index (κ3) is 4.76. The van der Waals surface area contributed by atoms with Gasteiger partial charge in [-0.1, -0.05) is 54.9 Å². The van der Waals surface area contributed by atoms with Gasteiger partial charge in [0.25, 0.3) is 0 Å². The van der Waals surface area contributed by atoms with Crippen LogP contribution in [0.1, 0.15) is 24.5 Å². The van der Waals surface area contributed by atoms with Crippen LogP contribution in [-0.2, 0) is 12.8 Å². The van der Waals surface area contributed by atoms with E-state index >= 15 is 4.39 Å². The first-order chi connectivity index (χ1) is 15.5. The van der Waals surface area contributed by atoms with E-state index in [0.29, 0.717) is 46.4 Å². The van der Waals surface area contributed by atoms with Crippen molar-refractivity contribution in [1.82, 2.24) is 0 Å². The molecule has 5 heteroatoms. The molecule has 0 unspecified atom stereocenters. The molecule has 0 saturated heterocycles. The van der Waals surface area contributed by atoms with Crippen molar-refractivity contribution in [2.45, 2.75) is 26.2 Å². The molecule has 0 aliphatic rings. The summed E-state index contributed by atoms with van der Waals surface area (Å²) in [5.74, 6) is -1.58. The third-order valence-electron chi connectivity index (χ3n) is 5.41. The maximum absolute atomic E-state index is 15.1. The lowest BCUT2D eigenvalue weighted by atomic mass is 9.96. The molecule has 0 N–H and O–H groups in total. The summed E-state index contributed by atoms with van der Waals surface area (Å²) < 4.78 is 49.7. The molecule has 0 radical (unpaired) electrons. The van der Waals surface area contributed by atoms with E-state index in [-0.39, 0.29) is 17.1 Å². The summed E-state index contributed by atoms with van der Waals surface area (Å²) in [6, 6.07) is 18.1. The number of hydrogen-bond donors (Lipinski definition) is 0. The molecule has 0 atom stereocenters. The second-order valence-corrected chi connectivity index (χ2v) is 8.15. The lowest BCUT2D eigenvalue weighted by Gasteiger charge is -2.12. The largest absolute Gasteiger partial charge is 0.493 e. The van der Waals surface area contributed by atoms with Gasteiger partial charge in [0.05, 0.1) is 12.2 Å². The molecule has 0 heterocycles. The average Bonchev–Trinajstić information content (AvgIpc) is 2.78. The molecular weight excluding hydrogens is 433 g/mol. The molecule has 0 aromatic heterocycles. The molecule has 0 amide bonds. The number of rotatable bonds is 7. The smallest absolute Gasteiger partial charge is 0.137 e. The van der Waals surface area contributed by atoms with E-state index < -0.39 is 11.6 Å². The highest BCUT2D eigenvalue weighted by Crippen LogP contribution is 2.33. The summed E-state index contributed by atoms with van der Waals surface area (Å²) in [6.07, 6.45) is 1.96. The summed E-state index contributed by atoms with van der Waals surface area (Å²) in [7, 11) is 0. The highest BCUT2D eigenvalue weighted by molar-refractivity contribution is 6.30. The van der Waals surface area contributed by atoms with Crippen LogP contribution in [0.15, 0.2) is 66.7 Å². The SMILES string of the molecule is CCCOc1cc(F)c(-c2ccc3c(F)c(CCc4ccc(Cl)cc4)ccc3c2)c(F)c1. The summed E-state index contributed by atoms with van der Waals surface area (Å²) in [4.78, 5) is 0. The number of ether oxygens (including phenoxy) is 1. The van der Waals surface area contributed by atoms with E-state index in [2.05, 4.69) is 0 Å². The van der Waals surface area contributed by atoms with E-state index in [4.69, 9.17) is 16.3 Å². The second-order valence-electron chi connectivity index (χ2n) is 7.71. The topological polar surface area (TPSA) is 9.23 Å². The van der Waals surface area contributed by atoms with Gasteiger partial charge in [-0.25, -0.2) is 13.2 Å². The molecule has 32 heavy (non-hydrogen) atoms. The maximum atomic E-state index is 15.1. The molecule has 0 aliphatic heterocycles. The minimum absolute atomic E-state index is 0.150. The third-order valence-corrected chi connectivity index (χ3v) is 5.66. The molecular formula is C27H22ClF3O. The Morgan fingerprint density at radius 1 is 0.812 bits per heavy atom. The van der Waals surface area contributed by atoms with Gasteiger partial charge in [0, 0.05) is 22.5 Å². The normalized spacial score (nSPS) is 11.2. The molecule has 0 spiro atoms. The Morgan fingerprint density at radius 2 is 1.53 bits per heavy atom. The molecule has 0 saturated carbocycles. The second kappa shape index (κ2) is 9.66. The van der Waals surface area contributed by atoms with Crippen LogP contribution in [0.2, 0.25) is 5.02 Å². The standard InChI is InChI=1S/C27H22ClF3O/c1-2-13-32-22-15-24(29)26(25(30)16-22)20-9-12-23-19(14-20)8-7-18(27(23)31)6-3-17-4-10-21(28)11-5-17/h4-5,7-12,14-16H,2-3,6,13H2,1H3. The summed E-state index contributed by atoms with van der Waals surface area (Å²) in [5, 5.41) is 1.67. The fraction of sp³-hybridized carbons (Fsp3) is 0.185. The van der Waals surface area contributed by atoms with Crippen molar-refractivity contribution in [3.05, 3.63) is 100 Å². The van der Waals surface area contributed by atoms with Crippen molar-refractivity contribution in [1.29, 1.82) is 0 Å². The molecule has 1 nitrogen and oxygen atoms in total. The lowest BCUT2D eigenvalue weighted by Crippen LogP contribution is -1.99. The summed E-state index contributed by atoms with van der Waals surface area (Å²) in [5.41, 5.74) is 1.86. The monoisotopic (exact) mass is 454 g/mol. The van der Waals surface area contributed by atoms with Gasteiger partial charge < -0.3 is 4.74 Å². The predicted octanol–water partition coefficient (Wildman–Crippen LogP) is 8.15. The molecule has 4 aromatic rings. The summed E-state index contributed by atoms with van der Waals surface area (Å²) in [6.45, 7) is 2.30. The van der Waals surface area contributed by atoms with Crippen LogP contribution in [0.4, 0.5) is 13.2 Å². The lowest BCUT2D eigenvalue weighted by molar-refractivity contribution is 0.314. The van der Waals surface area contributed by atoms with Crippen molar-refractivity contribution >= 4 is 22.4 Å². The molecule has 4 aromatic carbocycles. The first-order valence-electron chi connectivity index (χ1n) is 10.5. The number of hydrogen-bond acceptors (Lipinski definition) is 1. The van der Waals surface area contributed by atoms with Crippen LogP contribution >= 0.6 is 11.6 Å². The summed E-state index contributed by atoms with van der Waals surface area (Å²) >= 11 is 5.91. The van der Waals surface area contributed by atoms with Crippen molar-refractivity contribution < 1.29 is 17.9 Å². The molecule has 164 valence electrons. The Hall–Kier alpha value is -2.98. The van der Waals surface area contributed by atoms with Gasteiger partial charge in [-0.3, -0.25) is 0 Å². The Labute approximate surface area is 190 Å². The van der Waals surface area contributed by atoms with Crippen LogP contribution in [0.3, 0.4) is 0 Å². The van der Waals surface area contributed by atoms with Gasteiger partial charge in [-0.15, -0.1) is 0 Å². The van der Waals surface area contributed by atoms with Crippen molar-refractivity contribution in [2.24, 2.45) is 0 Å². The molecule has 0 fully saturated rings. The van der Waals surface area contributed by atoms with Gasteiger partial charge >= 0.3 is 0 Å². The zero-order valence-electron chi connectivity index (χ0n) is 17.6. The number of halogens is 4. The molecule has 0 bridgehead atoms. The fourth-order valence-corrected chi connectivity index (χ4v) is 3.87. The number of aryl methyl sites for hydroxylation is 2. The van der Waals surface area contributed by atoms with Crippen LogP contribution in [0, 0.1) is 17.5 Å². The van der Waals surface area contributed by atoms with Crippen LogP contribution in [0.25, 0.3) is 21.9 Å². The van der Waals surface area contributed by atoms with E-state index in [1.54, 1.807) is 30.3 Å². The molecule has 0 aliphatic carbocycles. The quantitative estimate of drug-likeness (QED) is 0.274. The average molecular weight is 455 g/mol.